The van der Waals surface area contributed by atoms with E-state index in [-0.39, 0.29) is 5.60 Å². The van der Waals surface area contributed by atoms with Crippen molar-refractivity contribution in [3.63, 3.8) is 0 Å². The van der Waals surface area contributed by atoms with Crippen LogP contribution < -0.4 is 0 Å². The van der Waals surface area contributed by atoms with Crippen molar-refractivity contribution in [2.75, 3.05) is 0 Å². The lowest BCUT2D eigenvalue weighted by Crippen LogP contribution is -2.24. The molecule has 1 heterocycles. The smallest absolute Gasteiger partial charge is 0.155 e. The van der Waals surface area contributed by atoms with E-state index >= 15 is 0 Å². The first kappa shape index (κ1) is 6.62. The normalized spacial score (nSPS) is 37.5. The lowest BCUT2D eigenvalue weighted by molar-refractivity contribution is -0.134. The van der Waals surface area contributed by atoms with E-state index in [2.05, 4.69) is 0 Å². The summed E-state index contributed by atoms with van der Waals surface area (Å²) < 4.78 is 5.47. The van der Waals surface area contributed by atoms with Crippen LogP contribution in [0.4, 0.5) is 0 Å². The van der Waals surface area contributed by atoms with Crippen LogP contribution in [0, 0.1) is 0 Å². The molecule has 0 aromatic rings. The Labute approximate surface area is 61.2 Å². The molecule has 2 rings (SSSR count). The third-order valence-corrected chi connectivity index (χ3v) is 2.75. The summed E-state index contributed by atoms with van der Waals surface area (Å²) in [5.41, 5.74) is 0.111. The van der Waals surface area contributed by atoms with Gasteiger partial charge in [-0.2, -0.15) is 0 Å². The molecular formula is C8H14O2. The zero-order valence-corrected chi connectivity index (χ0v) is 6.18. The highest BCUT2D eigenvalue weighted by Crippen LogP contribution is 2.42. The van der Waals surface area contributed by atoms with Crippen molar-refractivity contribution in [2.45, 2.75) is 50.4 Å². The molecule has 1 spiro atoms. The maximum atomic E-state index is 9.13. The Morgan fingerprint density at radius 2 is 1.90 bits per heavy atom. The van der Waals surface area contributed by atoms with Crippen molar-refractivity contribution < 1.29 is 9.84 Å². The van der Waals surface area contributed by atoms with Crippen molar-refractivity contribution in [2.24, 2.45) is 0 Å². The van der Waals surface area contributed by atoms with Gasteiger partial charge in [0.05, 0.1) is 5.60 Å². The van der Waals surface area contributed by atoms with Gasteiger partial charge in [0.2, 0.25) is 0 Å². The number of hydrogen-bond donors (Lipinski definition) is 1. The van der Waals surface area contributed by atoms with E-state index in [0.717, 1.165) is 12.8 Å². The first-order valence-electron chi connectivity index (χ1n) is 4.17. The second kappa shape index (κ2) is 2.21. The summed E-state index contributed by atoms with van der Waals surface area (Å²) in [6, 6.07) is 0. The second-order valence-corrected chi connectivity index (χ2v) is 3.50. The van der Waals surface area contributed by atoms with E-state index in [1.54, 1.807) is 0 Å². The van der Waals surface area contributed by atoms with Crippen LogP contribution in [0.15, 0.2) is 0 Å². The number of hydrogen-bond acceptors (Lipinski definition) is 2. The maximum Gasteiger partial charge on any atom is 0.155 e. The SMILES string of the molecule is OC1CCC2(CCCC2)O1. The third-order valence-electron chi connectivity index (χ3n) is 2.75. The summed E-state index contributed by atoms with van der Waals surface area (Å²) in [7, 11) is 0. The molecule has 1 saturated heterocycles. The largest absolute Gasteiger partial charge is 0.368 e. The zero-order chi connectivity index (χ0) is 7.03. The Kier molecular flexibility index (Phi) is 1.46. The van der Waals surface area contributed by atoms with E-state index in [9.17, 15) is 0 Å². The van der Waals surface area contributed by atoms with E-state index in [4.69, 9.17) is 9.84 Å². The van der Waals surface area contributed by atoms with Gasteiger partial charge in [0, 0.05) is 6.42 Å². The molecule has 0 radical (unpaired) electrons. The summed E-state index contributed by atoms with van der Waals surface area (Å²) >= 11 is 0. The Morgan fingerprint density at radius 3 is 2.40 bits per heavy atom. The van der Waals surface area contributed by atoms with Gasteiger partial charge in [-0.05, 0) is 19.3 Å². The van der Waals surface area contributed by atoms with Gasteiger partial charge in [-0.25, -0.2) is 0 Å². The van der Waals surface area contributed by atoms with Crippen molar-refractivity contribution in [3.05, 3.63) is 0 Å². The molecule has 58 valence electrons. The van der Waals surface area contributed by atoms with Gasteiger partial charge in [0.15, 0.2) is 6.29 Å². The lowest BCUT2D eigenvalue weighted by atomic mass is 9.99. The molecule has 2 fully saturated rings. The second-order valence-electron chi connectivity index (χ2n) is 3.50. The van der Waals surface area contributed by atoms with Gasteiger partial charge < -0.3 is 9.84 Å². The third kappa shape index (κ3) is 0.956. The molecule has 1 aliphatic carbocycles. The first-order valence-corrected chi connectivity index (χ1v) is 4.17. The highest BCUT2D eigenvalue weighted by Gasteiger charge is 2.41. The molecule has 10 heavy (non-hydrogen) atoms. The molecule has 1 unspecified atom stereocenters. The number of aliphatic hydroxyl groups excluding tert-OH is 1. The van der Waals surface area contributed by atoms with Gasteiger partial charge >= 0.3 is 0 Å². The highest BCUT2D eigenvalue weighted by atomic mass is 16.6. The molecule has 0 amide bonds. The fraction of sp³-hybridized carbons (Fsp3) is 1.00. The molecule has 1 atom stereocenters. The van der Waals surface area contributed by atoms with Gasteiger partial charge in [0.25, 0.3) is 0 Å². The number of rotatable bonds is 0. The van der Waals surface area contributed by atoms with Crippen molar-refractivity contribution in [1.29, 1.82) is 0 Å². The molecule has 1 N–H and O–H groups in total. The van der Waals surface area contributed by atoms with Crippen LogP contribution in [-0.2, 0) is 4.74 Å². The summed E-state index contributed by atoms with van der Waals surface area (Å²) in [5.74, 6) is 0. The van der Waals surface area contributed by atoms with Gasteiger partial charge in [-0.1, -0.05) is 12.8 Å². The predicted octanol–water partition coefficient (Wildman–Crippen LogP) is 1.43. The summed E-state index contributed by atoms with van der Waals surface area (Å²) in [6.45, 7) is 0. The van der Waals surface area contributed by atoms with Crippen LogP contribution in [0.2, 0.25) is 0 Å². The lowest BCUT2D eigenvalue weighted by Gasteiger charge is -2.21. The Hall–Kier alpha value is -0.0800. The molecular weight excluding hydrogens is 128 g/mol. The molecule has 0 aromatic carbocycles. The standard InChI is InChI=1S/C8H14O2/c9-7-3-6-8(10-7)4-1-2-5-8/h7,9H,1-6H2. The number of aliphatic hydroxyl groups is 1. The molecule has 0 bridgehead atoms. The van der Waals surface area contributed by atoms with Crippen molar-refractivity contribution in [1.82, 2.24) is 0 Å². The zero-order valence-electron chi connectivity index (χ0n) is 6.18. The van der Waals surface area contributed by atoms with Crippen LogP contribution in [0.1, 0.15) is 38.5 Å². The van der Waals surface area contributed by atoms with Crippen LogP contribution >= 0.6 is 0 Å². The van der Waals surface area contributed by atoms with Gasteiger partial charge in [-0.3, -0.25) is 0 Å². The minimum Gasteiger partial charge on any atom is -0.368 e. The van der Waals surface area contributed by atoms with Crippen molar-refractivity contribution in [3.8, 4) is 0 Å². The monoisotopic (exact) mass is 142 g/mol. The molecule has 1 aliphatic heterocycles. The first-order chi connectivity index (χ1) is 4.81. The molecule has 0 aromatic heterocycles. The Balaban J connectivity index is 2.03. The van der Waals surface area contributed by atoms with Gasteiger partial charge in [0.1, 0.15) is 0 Å². The van der Waals surface area contributed by atoms with E-state index in [1.807, 2.05) is 0 Å². The van der Waals surface area contributed by atoms with E-state index < -0.39 is 6.29 Å². The van der Waals surface area contributed by atoms with Crippen LogP contribution in [0.25, 0.3) is 0 Å². The van der Waals surface area contributed by atoms with Crippen molar-refractivity contribution >= 4 is 0 Å². The molecule has 2 aliphatic rings. The molecule has 2 nitrogen and oxygen atoms in total. The quantitative estimate of drug-likeness (QED) is 0.554. The Morgan fingerprint density at radius 1 is 1.20 bits per heavy atom. The fourth-order valence-electron chi connectivity index (χ4n) is 2.18. The highest BCUT2D eigenvalue weighted by molar-refractivity contribution is 4.90. The Bertz CT molecular complexity index is 127. The van der Waals surface area contributed by atoms with E-state index in [1.165, 1.54) is 25.7 Å². The number of ether oxygens (including phenoxy) is 1. The topological polar surface area (TPSA) is 29.5 Å². The summed E-state index contributed by atoms with van der Waals surface area (Å²) in [6.07, 6.45) is 6.37. The summed E-state index contributed by atoms with van der Waals surface area (Å²) in [5, 5.41) is 9.13. The minimum absolute atomic E-state index is 0.111. The summed E-state index contributed by atoms with van der Waals surface area (Å²) in [4.78, 5) is 0. The average Bonchev–Trinajstić information content (AvgIpc) is 2.46. The minimum atomic E-state index is -0.460. The fourth-order valence-corrected chi connectivity index (χ4v) is 2.18. The van der Waals surface area contributed by atoms with Crippen LogP contribution in [0.3, 0.4) is 0 Å². The molecule has 2 heteroatoms. The average molecular weight is 142 g/mol. The molecule has 1 saturated carbocycles. The van der Waals surface area contributed by atoms with E-state index in [0.29, 0.717) is 0 Å². The van der Waals surface area contributed by atoms with Crippen LogP contribution in [-0.4, -0.2) is 17.0 Å². The maximum absolute atomic E-state index is 9.13. The van der Waals surface area contributed by atoms with Crippen LogP contribution in [0.5, 0.6) is 0 Å². The predicted molar refractivity (Wildman–Crippen MR) is 37.5 cm³/mol. The van der Waals surface area contributed by atoms with Gasteiger partial charge in [-0.15, -0.1) is 0 Å².